The Morgan fingerprint density at radius 2 is 0.941 bits per heavy atom. The van der Waals surface area contributed by atoms with Crippen molar-refractivity contribution < 1.29 is 33.5 Å². The highest BCUT2D eigenvalue weighted by atomic mass is 16.6. The van der Waals surface area contributed by atoms with Gasteiger partial charge in [-0.15, -0.1) is 0 Å². The van der Waals surface area contributed by atoms with Crippen molar-refractivity contribution in [2.45, 2.75) is 102 Å². The molecule has 0 bridgehead atoms. The van der Waals surface area contributed by atoms with E-state index < -0.39 is 40.1 Å². The molecular weight excluding hydrogens is 448 g/mol. The topological polar surface area (TPSA) is 159 Å². The first kappa shape index (κ1) is 25.4. The van der Waals surface area contributed by atoms with Gasteiger partial charge >= 0.3 is 17.9 Å². The van der Waals surface area contributed by atoms with Crippen LogP contribution in [0.15, 0.2) is 15.0 Å². The molecule has 0 aliphatic carbocycles. The molecule has 0 N–H and O–H groups in total. The Kier molecular flexibility index (Phi) is 6.40. The number of ether oxygens (including phenoxy) is 3. The van der Waals surface area contributed by atoms with Gasteiger partial charge in [-0.3, -0.25) is 10.1 Å². The van der Waals surface area contributed by atoms with Gasteiger partial charge in [-0.2, -0.15) is 0 Å². The van der Waals surface area contributed by atoms with E-state index in [9.17, 15) is 24.5 Å². The second-order valence-electron chi connectivity index (χ2n) is 10.3. The Labute approximate surface area is 197 Å². The quantitative estimate of drug-likeness (QED) is 0.200. The largest absolute Gasteiger partial charge is 0.410 e. The number of nitro groups is 1. The summed E-state index contributed by atoms with van der Waals surface area (Å²) in [5.74, 6) is -1.14. The van der Waals surface area contributed by atoms with Crippen LogP contribution >= 0.6 is 0 Å². The molecule has 0 aromatic rings. The minimum atomic E-state index is -1.52. The molecule has 12 heteroatoms. The summed E-state index contributed by atoms with van der Waals surface area (Å²) in [6, 6.07) is 0. The first-order valence-corrected chi connectivity index (χ1v) is 11.1. The summed E-state index contributed by atoms with van der Waals surface area (Å²) in [6.07, 6.45) is 0.176. The number of carbonyl (C=O) groups is 3. The van der Waals surface area contributed by atoms with Gasteiger partial charge in [0.05, 0.1) is 0 Å². The fourth-order valence-electron chi connectivity index (χ4n) is 3.82. The molecule has 0 radical (unpaired) electrons. The number of cyclic esters (lactones) is 3. The van der Waals surface area contributed by atoms with Crippen molar-refractivity contribution in [1.29, 1.82) is 0 Å². The van der Waals surface area contributed by atoms with Crippen LogP contribution in [0.4, 0.5) is 0 Å². The normalized spacial score (nSPS) is 22.5. The third-order valence-corrected chi connectivity index (χ3v) is 6.14. The van der Waals surface area contributed by atoms with Gasteiger partial charge in [0.15, 0.2) is 34.3 Å². The van der Waals surface area contributed by atoms with E-state index in [1.165, 1.54) is 0 Å². The summed E-state index contributed by atoms with van der Waals surface area (Å²) in [5.41, 5.74) is -4.64. The van der Waals surface area contributed by atoms with Crippen molar-refractivity contribution in [3.8, 4) is 0 Å². The lowest BCUT2D eigenvalue weighted by Gasteiger charge is -2.25. The maximum Gasteiger partial charge on any atom is 0.340 e. The lowest BCUT2D eigenvalue weighted by Crippen LogP contribution is -2.40. The van der Waals surface area contributed by atoms with E-state index in [4.69, 9.17) is 14.2 Å². The lowest BCUT2D eigenvalue weighted by atomic mass is 9.84. The van der Waals surface area contributed by atoms with Crippen LogP contribution in [0, 0.1) is 10.1 Å². The number of rotatable bonds is 10. The molecule has 12 nitrogen and oxygen atoms in total. The molecule has 0 saturated carbocycles. The molecule has 0 atom stereocenters. The third-order valence-electron chi connectivity index (χ3n) is 6.14. The summed E-state index contributed by atoms with van der Waals surface area (Å²) in [7, 11) is 0. The van der Waals surface area contributed by atoms with Crippen LogP contribution in [0.25, 0.3) is 0 Å². The van der Waals surface area contributed by atoms with E-state index in [-0.39, 0.29) is 61.1 Å². The molecule has 3 heterocycles. The molecule has 0 fully saturated rings. The molecule has 3 rings (SSSR count). The number of hydrogen-bond donors (Lipinski definition) is 0. The van der Waals surface area contributed by atoms with E-state index in [1.54, 1.807) is 41.5 Å². The van der Waals surface area contributed by atoms with Crippen LogP contribution in [-0.4, -0.2) is 62.7 Å². The van der Waals surface area contributed by atoms with E-state index in [1.807, 2.05) is 0 Å². The molecule has 186 valence electrons. The Morgan fingerprint density at radius 3 is 1.12 bits per heavy atom. The monoisotopic (exact) mass is 478 g/mol. The highest BCUT2D eigenvalue weighted by Crippen LogP contribution is 2.34. The van der Waals surface area contributed by atoms with Gasteiger partial charge in [0.2, 0.25) is 5.54 Å². The average molecular weight is 479 g/mol. The molecule has 0 amide bonds. The number of aliphatic imine (C=N–C) groups is 3. The van der Waals surface area contributed by atoms with Gasteiger partial charge in [-0.1, -0.05) is 0 Å². The Balaban J connectivity index is 1.79. The van der Waals surface area contributed by atoms with Crippen molar-refractivity contribution in [2.24, 2.45) is 15.0 Å². The number of carbonyl (C=O) groups excluding carboxylic acids is 3. The Hall–Kier alpha value is -3.18. The minimum absolute atomic E-state index is 0.00255. The summed E-state index contributed by atoms with van der Waals surface area (Å²) >= 11 is 0. The summed E-state index contributed by atoms with van der Waals surface area (Å²) < 4.78 is 15.6. The summed E-state index contributed by atoms with van der Waals surface area (Å²) in [6.45, 7) is 9.62. The van der Waals surface area contributed by atoms with E-state index in [2.05, 4.69) is 15.0 Å². The van der Waals surface area contributed by atoms with Crippen LogP contribution in [0.1, 0.15) is 80.1 Å². The predicted octanol–water partition coefficient (Wildman–Crippen LogP) is 2.54. The minimum Gasteiger partial charge on any atom is -0.410 e. The van der Waals surface area contributed by atoms with Gasteiger partial charge in [0.1, 0.15) is 0 Å². The van der Waals surface area contributed by atoms with E-state index in [0.717, 1.165) is 0 Å². The maximum atomic E-state index is 12.4. The summed E-state index contributed by atoms with van der Waals surface area (Å²) in [4.78, 5) is 60.5. The maximum absolute atomic E-state index is 12.4. The molecule has 34 heavy (non-hydrogen) atoms. The van der Waals surface area contributed by atoms with Gasteiger partial charge in [-0.25, -0.2) is 29.4 Å². The first-order valence-electron chi connectivity index (χ1n) is 11.1. The Bertz CT molecular complexity index is 905. The van der Waals surface area contributed by atoms with Gasteiger partial charge in [0, 0.05) is 43.4 Å². The Morgan fingerprint density at radius 1 is 0.676 bits per heavy atom. The van der Waals surface area contributed by atoms with Crippen LogP contribution in [-0.2, 0) is 28.6 Å². The van der Waals surface area contributed by atoms with Gasteiger partial charge < -0.3 is 14.2 Å². The predicted molar refractivity (Wildman–Crippen MR) is 120 cm³/mol. The van der Waals surface area contributed by atoms with Crippen molar-refractivity contribution in [2.75, 3.05) is 0 Å². The molecular formula is C22H30N4O8. The van der Waals surface area contributed by atoms with Crippen LogP contribution in [0.2, 0.25) is 0 Å². The van der Waals surface area contributed by atoms with Crippen molar-refractivity contribution in [3.63, 3.8) is 0 Å². The second kappa shape index (κ2) is 8.55. The van der Waals surface area contributed by atoms with Crippen LogP contribution in [0.5, 0.6) is 0 Å². The van der Waals surface area contributed by atoms with E-state index in [0.29, 0.717) is 0 Å². The van der Waals surface area contributed by atoms with E-state index >= 15 is 0 Å². The lowest BCUT2D eigenvalue weighted by molar-refractivity contribution is -0.573. The average Bonchev–Trinajstić information content (AvgIpc) is 3.23. The second-order valence-corrected chi connectivity index (χ2v) is 10.3. The van der Waals surface area contributed by atoms with Crippen molar-refractivity contribution in [3.05, 3.63) is 10.1 Å². The highest BCUT2D eigenvalue weighted by Gasteiger charge is 2.47. The van der Waals surface area contributed by atoms with Crippen LogP contribution < -0.4 is 0 Å². The molecule has 0 unspecified atom stereocenters. The standard InChI is InChI=1S/C22H30N4O8/c1-19(2)16(27)32-13(23-19)7-10-22(26(30)31,11-8-14-24-20(3,4)17(28)33-14)12-9-15-25-21(5,6)18(29)34-15/h7-12H2,1-6H3. The highest BCUT2D eigenvalue weighted by molar-refractivity contribution is 6.00. The molecule has 3 aliphatic heterocycles. The molecule has 0 saturated heterocycles. The fraction of sp³-hybridized carbons (Fsp3) is 0.727. The molecule has 0 aromatic carbocycles. The van der Waals surface area contributed by atoms with Gasteiger partial charge in [0.25, 0.3) is 0 Å². The zero-order valence-electron chi connectivity index (χ0n) is 20.3. The van der Waals surface area contributed by atoms with Crippen LogP contribution in [0.3, 0.4) is 0 Å². The number of esters is 3. The number of hydrogen-bond acceptors (Lipinski definition) is 11. The summed E-state index contributed by atoms with van der Waals surface area (Å²) in [5, 5.41) is 12.4. The molecule has 0 spiro atoms. The molecule has 0 aromatic heterocycles. The van der Waals surface area contributed by atoms with Crippen molar-refractivity contribution >= 4 is 35.6 Å². The number of nitrogens with zero attached hydrogens (tertiary/aromatic N) is 4. The fourth-order valence-corrected chi connectivity index (χ4v) is 3.82. The SMILES string of the molecule is CC1(C)N=C(CCC(CCC2=NC(C)(C)C(=O)O2)(CCC2=NC(C)(C)C(=O)O2)[N+](=O)[O-])OC1=O. The molecule has 3 aliphatic rings. The first-order chi connectivity index (χ1) is 15.6. The van der Waals surface area contributed by atoms with Crippen molar-refractivity contribution in [1.82, 2.24) is 0 Å². The zero-order valence-corrected chi connectivity index (χ0v) is 20.3. The third kappa shape index (κ3) is 5.15. The zero-order chi connectivity index (χ0) is 25.5. The smallest absolute Gasteiger partial charge is 0.340 e. The van der Waals surface area contributed by atoms with Gasteiger partial charge in [-0.05, 0) is 41.5 Å².